The third-order valence-corrected chi connectivity index (χ3v) is 6.51. The molecule has 8 heteroatoms. The number of aryl methyl sites for hydroxylation is 1. The largest absolute Gasteiger partial charge is 0.490 e. The number of unbranched alkanes of at least 4 members (excludes halogenated alkanes) is 1. The number of nitrogens with one attached hydrogen (secondary N) is 1. The molecule has 0 saturated carbocycles. The van der Waals surface area contributed by atoms with E-state index in [1.165, 1.54) is 5.69 Å². The molecule has 3 heterocycles. The first-order valence-electron chi connectivity index (χ1n) is 12.1. The molecule has 2 aliphatic heterocycles. The quantitative estimate of drug-likeness (QED) is 0.509. The molecule has 1 fully saturated rings. The summed E-state index contributed by atoms with van der Waals surface area (Å²) in [5.41, 5.74) is 8.04. The molecule has 3 aromatic rings. The molecule has 5 rings (SSSR count). The van der Waals surface area contributed by atoms with Crippen LogP contribution in [0.2, 0.25) is 0 Å². The van der Waals surface area contributed by atoms with E-state index in [0.29, 0.717) is 18.9 Å². The van der Waals surface area contributed by atoms with Crippen molar-refractivity contribution in [2.75, 3.05) is 56.2 Å². The van der Waals surface area contributed by atoms with Crippen LogP contribution in [0.4, 0.5) is 16.2 Å². The molecule has 1 aromatic heterocycles. The van der Waals surface area contributed by atoms with Crippen molar-refractivity contribution in [1.29, 1.82) is 0 Å². The van der Waals surface area contributed by atoms with Crippen LogP contribution in [0.25, 0.3) is 11.0 Å². The van der Waals surface area contributed by atoms with Gasteiger partial charge in [-0.2, -0.15) is 0 Å². The summed E-state index contributed by atoms with van der Waals surface area (Å²) in [6.45, 7) is 6.53. The summed E-state index contributed by atoms with van der Waals surface area (Å²) in [6.07, 6.45) is 3.73. The lowest BCUT2D eigenvalue weighted by Gasteiger charge is -2.36. The topological polar surface area (TPSA) is 93.2 Å². The number of fused-ring (bicyclic) bond motifs is 2. The molecule has 3 N–H and O–H groups in total. The molecule has 0 aliphatic carbocycles. The van der Waals surface area contributed by atoms with Crippen molar-refractivity contribution < 1.29 is 18.7 Å². The van der Waals surface area contributed by atoms with Crippen LogP contribution in [-0.2, 0) is 6.42 Å². The second-order valence-corrected chi connectivity index (χ2v) is 8.85. The number of hydrogen-bond donors (Lipinski definition) is 2. The lowest BCUT2D eigenvalue weighted by molar-refractivity contribution is 0.252. The third-order valence-electron chi connectivity index (χ3n) is 6.51. The van der Waals surface area contributed by atoms with Crippen molar-refractivity contribution in [2.24, 2.45) is 5.73 Å². The van der Waals surface area contributed by atoms with Gasteiger partial charge in [0.25, 0.3) is 0 Å². The highest BCUT2D eigenvalue weighted by molar-refractivity contribution is 6.00. The standard InChI is InChI=1S/C26H32N4O4/c27-26(31)28-25-20-6-1-2-7-21(20)34-23(25)8-3-4-11-29-12-14-30(15-13-29)19-9-10-22-24(18-19)33-17-5-16-32-22/h1-2,6-7,9-10,18H,3-5,8,11-17H2,(H3,27,28,31). The average molecular weight is 465 g/mol. The number of rotatable bonds is 7. The molecule has 34 heavy (non-hydrogen) atoms. The highest BCUT2D eigenvalue weighted by atomic mass is 16.5. The van der Waals surface area contributed by atoms with Crippen molar-refractivity contribution >= 4 is 28.4 Å². The Morgan fingerprint density at radius 3 is 2.59 bits per heavy atom. The van der Waals surface area contributed by atoms with E-state index < -0.39 is 6.03 Å². The summed E-state index contributed by atoms with van der Waals surface area (Å²) in [5.74, 6) is 2.49. The Kier molecular flexibility index (Phi) is 6.76. The summed E-state index contributed by atoms with van der Waals surface area (Å²) in [6, 6.07) is 13.4. The van der Waals surface area contributed by atoms with Crippen LogP contribution in [0, 0.1) is 0 Å². The lowest BCUT2D eigenvalue weighted by Crippen LogP contribution is -2.46. The fraction of sp³-hybridized carbons (Fsp3) is 0.423. The fourth-order valence-corrected chi connectivity index (χ4v) is 4.73. The Hall–Kier alpha value is -3.39. The maximum atomic E-state index is 11.5. The fourth-order valence-electron chi connectivity index (χ4n) is 4.73. The van der Waals surface area contributed by atoms with E-state index >= 15 is 0 Å². The van der Waals surface area contributed by atoms with Gasteiger partial charge < -0.3 is 29.8 Å². The molecule has 0 radical (unpaired) electrons. The highest BCUT2D eigenvalue weighted by Gasteiger charge is 2.20. The van der Waals surface area contributed by atoms with Crippen LogP contribution in [-0.4, -0.2) is 56.9 Å². The zero-order valence-corrected chi connectivity index (χ0v) is 19.4. The second kappa shape index (κ2) is 10.3. The predicted octanol–water partition coefficient (Wildman–Crippen LogP) is 4.23. The Bertz CT molecular complexity index is 1140. The van der Waals surface area contributed by atoms with E-state index in [4.69, 9.17) is 19.6 Å². The van der Waals surface area contributed by atoms with Gasteiger partial charge in [0.2, 0.25) is 0 Å². The number of benzene rings is 2. The summed E-state index contributed by atoms with van der Waals surface area (Å²) < 4.78 is 17.6. The number of nitrogens with two attached hydrogens (primary N) is 1. The first-order valence-corrected chi connectivity index (χ1v) is 12.1. The molecule has 8 nitrogen and oxygen atoms in total. The van der Waals surface area contributed by atoms with Gasteiger partial charge in [0.1, 0.15) is 11.3 Å². The van der Waals surface area contributed by atoms with Crippen LogP contribution < -0.4 is 25.4 Å². The number of ether oxygens (including phenoxy) is 2. The number of anilines is 2. The van der Waals surface area contributed by atoms with E-state index in [0.717, 1.165) is 86.6 Å². The van der Waals surface area contributed by atoms with Crippen molar-refractivity contribution in [1.82, 2.24) is 4.90 Å². The number of nitrogens with zero attached hydrogens (tertiary/aromatic N) is 2. The normalized spacial score (nSPS) is 16.4. The van der Waals surface area contributed by atoms with Crippen LogP contribution in [0.5, 0.6) is 11.5 Å². The number of urea groups is 1. The molecular weight excluding hydrogens is 432 g/mol. The average Bonchev–Trinajstić information content (AvgIpc) is 3.02. The van der Waals surface area contributed by atoms with Crippen molar-refractivity contribution in [3.8, 4) is 11.5 Å². The second-order valence-electron chi connectivity index (χ2n) is 8.85. The van der Waals surface area contributed by atoms with Gasteiger partial charge in [-0.3, -0.25) is 4.90 Å². The van der Waals surface area contributed by atoms with Gasteiger partial charge in [0, 0.05) is 56.2 Å². The number of carbonyl (C=O) groups excluding carboxylic acids is 1. The maximum Gasteiger partial charge on any atom is 0.316 e. The molecule has 1 saturated heterocycles. The minimum absolute atomic E-state index is 0.570. The van der Waals surface area contributed by atoms with Gasteiger partial charge >= 0.3 is 6.03 Å². The maximum absolute atomic E-state index is 11.5. The summed E-state index contributed by atoms with van der Waals surface area (Å²) >= 11 is 0. The first-order chi connectivity index (χ1) is 16.7. The lowest BCUT2D eigenvalue weighted by atomic mass is 10.1. The highest BCUT2D eigenvalue weighted by Crippen LogP contribution is 2.34. The van der Waals surface area contributed by atoms with Crippen molar-refractivity contribution in [3.05, 3.63) is 48.2 Å². The number of primary amides is 1. The van der Waals surface area contributed by atoms with E-state index in [1.54, 1.807) is 0 Å². The first kappa shape index (κ1) is 22.4. The molecule has 2 aliphatic rings. The van der Waals surface area contributed by atoms with Crippen LogP contribution >= 0.6 is 0 Å². The van der Waals surface area contributed by atoms with Gasteiger partial charge in [-0.1, -0.05) is 12.1 Å². The zero-order chi connectivity index (χ0) is 23.3. The van der Waals surface area contributed by atoms with Gasteiger partial charge in [0.15, 0.2) is 11.5 Å². The van der Waals surface area contributed by atoms with Gasteiger partial charge in [-0.05, 0) is 43.7 Å². The van der Waals surface area contributed by atoms with Crippen LogP contribution in [0.3, 0.4) is 0 Å². The minimum atomic E-state index is -0.570. The van der Waals surface area contributed by atoms with Gasteiger partial charge in [0.05, 0.1) is 18.9 Å². The molecule has 180 valence electrons. The third kappa shape index (κ3) is 5.07. The smallest absolute Gasteiger partial charge is 0.316 e. The predicted molar refractivity (Wildman–Crippen MR) is 133 cm³/mol. The molecule has 0 spiro atoms. The number of piperazine rings is 1. The van der Waals surface area contributed by atoms with Crippen LogP contribution in [0.15, 0.2) is 46.9 Å². The zero-order valence-electron chi connectivity index (χ0n) is 19.4. The number of furan rings is 1. The number of carbonyl (C=O) groups is 1. The Labute approximate surface area is 199 Å². The molecule has 2 aromatic carbocycles. The minimum Gasteiger partial charge on any atom is -0.490 e. The molecule has 0 unspecified atom stereocenters. The van der Waals surface area contributed by atoms with Gasteiger partial charge in [-0.15, -0.1) is 0 Å². The number of amides is 2. The van der Waals surface area contributed by atoms with Crippen molar-refractivity contribution in [2.45, 2.75) is 25.7 Å². The molecule has 0 atom stereocenters. The Balaban J connectivity index is 1.10. The summed E-state index contributed by atoms with van der Waals surface area (Å²) in [4.78, 5) is 16.4. The Morgan fingerprint density at radius 2 is 1.76 bits per heavy atom. The summed E-state index contributed by atoms with van der Waals surface area (Å²) in [7, 11) is 0. The molecular formula is C26H32N4O4. The molecule has 0 bridgehead atoms. The van der Waals surface area contributed by atoms with Gasteiger partial charge in [-0.25, -0.2) is 4.79 Å². The summed E-state index contributed by atoms with van der Waals surface area (Å²) in [5, 5.41) is 3.63. The molecule has 2 amide bonds. The Morgan fingerprint density at radius 1 is 0.971 bits per heavy atom. The van der Waals surface area contributed by atoms with Crippen LogP contribution in [0.1, 0.15) is 25.0 Å². The van der Waals surface area contributed by atoms with Crippen molar-refractivity contribution in [3.63, 3.8) is 0 Å². The van der Waals surface area contributed by atoms with E-state index in [2.05, 4.69) is 27.2 Å². The van der Waals surface area contributed by atoms with E-state index in [-0.39, 0.29) is 0 Å². The number of para-hydroxylation sites is 1. The van der Waals surface area contributed by atoms with E-state index in [1.807, 2.05) is 30.3 Å². The van der Waals surface area contributed by atoms with E-state index in [9.17, 15) is 4.79 Å². The monoisotopic (exact) mass is 464 g/mol. The number of hydrogen-bond acceptors (Lipinski definition) is 6. The SMILES string of the molecule is NC(=O)Nc1c(CCCCN2CCN(c3ccc4c(c3)OCCCO4)CC2)oc2ccccc12.